The Kier molecular flexibility index (Phi) is 4.96. The van der Waals surface area contributed by atoms with Crippen LogP contribution in [0, 0.1) is 0 Å². The van der Waals surface area contributed by atoms with E-state index < -0.39 is 0 Å². The van der Waals surface area contributed by atoms with E-state index in [1.807, 2.05) is 6.07 Å². The minimum Gasteiger partial charge on any atom is -0.486 e. The highest BCUT2D eigenvalue weighted by Gasteiger charge is 2.28. The second-order valence-corrected chi connectivity index (χ2v) is 7.34. The molecule has 3 atom stereocenters. The van der Waals surface area contributed by atoms with Gasteiger partial charge in [0.15, 0.2) is 11.5 Å². The van der Waals surface area contributed by atoms with Gasteiger partial charge in [0.25, 0.3) is 0 Å². The molecule has 0 spiro atoms. The van der Waals surface area contributed by atoms with Gasteiger partial charge >= 0.3 is 0 Å². The lowest BCUT2D eigenvalue weighted by Gasteiger charge is -2.26. The highest BCUT2D eigenvalue weighted by molar-refractivity contribution is 7.99. The second-order valence-electron chi connectivity index (χ2n) is 5.82. The van der Waals surface area contributed by atoms with Gasteiger partial charge in [-0.15, -0.1) is 0 Å². The average molecular weight is 307 g/mol. The Labute approximate surface area is 131 Å². The lowest BCUT2D eigenvalue weighted by atomic mass is 10.1. The van der Waals surface area contributed by atoms with Crippen LogP contribution in [-0.2, 0) is 0 Å². The number of hydrogen-bond acceptors (Lipinski definition) is 4. The molecule has 1 fully saturated rings. The van der Waals surface area contributed by atoms with Gasteiger partial charge in [0, 0.05) is 17.3 Å². The Morgan fingerprint density at radius 1 is 1.24 bits per heavy atom. The molecule has 1 heterocycles. The molecule has 1 aromatic carbocycles. The highest BCUT2D eigenvalue weighted by Crippen LogP contribution is 2.34. The molecule has 2 aliphatic rings. The lowest BCUT2D eigenvalue weighted by Crippen LogP contribution is -2.36. The molecule has 3 unspecified atom stereocenters. The summed E-state index contributed by atoms with van der Waals surface area (Å²) in [6, 6.07) is 7.31. The van der Waals surface area contributed by atoms with E-state index >= 15 is 0 Å². The van der Waals surface area contributed by atoms with Crippen LogP contribution in [-0.4, -0.2) is 30.3 Å². The fourth-order valence-corrected chi connectivity index (χ4v) is 4.49. The zero-order chi connectivity index (χ0) is 14.7. The van der Waals surface area contributed by atoms with Crippen LogP contribution in [0.25, 0.3) is 0 Å². The van der Waals surface area contributed by atoms with Crippen molar-refractivity contribution in [2.45, 2.75) is 50.4 Å². The van der Waals surface area contributed by atoms with Crippen LogP contribution >= 0.6 is 11.8 Å². The van der Waals surface area contributed by atoms with Crippen molar-refractivity contribution in [1.82, 2.24) is 5.32 Å². The summed E-state index contributed by atoms with van der Waals surface area (Å²) >= 11 is 2.10. The maximum absolute atomic E-state index is 5.69. The van der Waals surface area contributed by atoms with Crippen LogP contribution in [0.15, 0.2) is 18.2 Å². The molecule has 0 radical (unpaired) electrons. The van der Waals surface area contributed by atoms with Crippen molar-refractivity contribution in [2.24, 2.45) is 0 Å². The van der Waals surface area contributed by atoms with Crippen LogP contribution in [0.4, 0.5) is 0 Å². The molecule has 1 N–H and O–H groups in total. The fraction of sp³-hybridized carbons (Fsp3) is 0.647. The molecular formula is C17H25NO2S. The predicted molar refractivity (Wildman–Crippen MR) is 88.5 cm³/mol. The third-order valence-electron chi connectivity index (χ3n) is 4.36. The van der Waals surface area contributed by atoms with Gasteiger partial charge in [0.1, 0.15) is 13.2 Å². The van der Waals surface area contributed by atoms with E-state index in [1.54, 1.807) is 0 Å². The van der Waals surface area contributed by atoms with Crippen LogP contribution in [0.5, 0.6) is 11.5 Å². The first-order valence-electron chi connectivity index (χ1n) is 8.05. The second kappa shape index (κ2) is 6.93. The molecule has 0 amide bonds. The minimum atomic E-state index is 0.351. The van der Waals surface area contributed by atoms with E-state index in [0.29, 0.717) is 25.3 Å². The van der Waals surface area contributed by atoms with Gasteiger partial charge in [-0.25, -0.2) is 0 Å². The average Bonchev–Trinajstić information content (AvgIpc) is 2.94. The van der Waals surface area contributed by atoms with Crippen molar-refractivity contribution < 1.29 is 9.47 Å². The summed E-state index contributed by atoms with van der Waals surface area (Å²) in [5.74, 6) is 2.97. The van der Waals surface area contributed by atoms with Gasteiger partial charge < -0.3 is 14.8 Å². The van der Waals surface area contributed by atoms with Gasteiger partial charge in [0.05, 0.1) is 0 Å². The monoisotopic (exact) mass is 307 g/mol. The molecule has 3 rings (SSSR count). The third kappa shape index (κ3) is 3.49. The zero-order valence-corrected chi connectivity index (χ0v) is 13.7. The number of thioether (sulfide) groups is 1. The molecule has 1 aliphatic carbocycles. The number of nitrogens with one attached hydrogen (secondary N) is 1. The first-order valence-corrected chi connectivity index (χ1v) is 9.10. The number of benzene rings is 1. The zero-order valence-electron chi connectivity index (χ0n) is 12.9. The van der Waals surface area contributed by atoms with E-state index in [2.05, 4.69) is 43.1 Å². The maximum atomic E-state index is 5.69. The van der Waals surface area contributed by atoms with E-state index in [1.165, 1.54) is 30.6 Å². The van der Waals surface area contributed by atoms with Gasteiger partial charge in [-0.1, -0.05) is 19.4 Å². The molecule has 1 aromatic rings. The van der Waals surface area contributed by atoms with Crippen LogP contribution < -0.4 is 14.8 Å². The molecule has 0 bridgehead atoms. The predicted octanol–water partition coefficient (Wildman–Crippen LogP) is 3.78. The molecule has 0 saturated heterocycles. The molecule has 3 nitrogen and oxygen atoms in total. The molecule has 21 heavy (non-hydrogen) atoms. The van der Waals surface area contributed by atoms with E-state index in [-0.39, 0.29) is 0 Å². The smallest absolute Gasteiger partial charge is 0.161 e. The standard InChI is InChI=1S/C17H25NO2S/c1-3-21-17-6-4-5-14(17)18-12(2)13-7-8-15-16(11-13)20-10-9-19-15/h7-8,11-12,14,17-18H,3-6,9-10H2,1-2H3. The summed E-state index contributed by atoms with van der Waals surface area (Å²) in [6.45, 7) is 5.80. The molecular weight excluding hydrogens is 282 g/mol. The summed E-state index contributed by atoms with van der Waals surface area (Å²) in [5.41, 5.74) is 1.28. The quantitative estimate of drug-likeness (QED) is 0.897. The topological polar surface area (TPSA) is 30.5 Å². The Morgan fingerprint density at radius 3 is 2.86 bits per heavy atom. The number of fused-ring (bicyclic) bond motifs is 1. The maximum Gasteiger partial charge on any atom is 0.161 e. The number of ether oxygens (including phenoxy) is 2. The largest absolute Gasteiger partial charge is 0.486 e. The van der Waals surface area contributed by atoms with E-state index in [4.69, 9.17) is 9.47 Å². The highest BCUT2D eigenvalue weighted by atomic mass is 32.2. The van der Waals surface area contributed by atoms with E-state index in [0.717, 1.165) is 16.7 Å². The molecule has 1 saturated carbocycles. The number of rotatable bonds is 5. The van der Waals surface area contributed by atoms with Crippen molar-refractivity contribution in [3.63, 3.8) is 0 Å². The van der Waals surface area contributed by atoms with Crippen molar-refractivity contribution in [2.75, 3.05) is 19.0 Å². The third-order valence-corrected chi connectivity index (χ3v) is 5.69. The summed E-state index contributed by atoms with van der Waals surface area (Å²) in [4.78, 5) is 0. The van der Waals surface area contributed by atoms with Gasteiger partial charge in [-0.2, -0.15) is 11.8 Å². The van der Waals surface area contributed by atoms with Crippen molar-refractivity contribution in [3.8, 4) is 11.5 Å². The number of hydrogen-bond donors (Lipinski definition) is 1. The molecule has 1 aliphatic heterocycles. The molecule has 0 aromatic heterocycles. The van der Waals surface area contributed by atoms with E-state index in [9.17, 15) is 0 Å². The van der Waals surface area contributed by atoms with Gasteiger partial charge in [-0.3, -0.25) is 0 Å². The Hall–Kier alpha value is -0.870. The van der Waals surface area contributed by atoms with Crippen molar-refractivity contribution >= 4 is 11.8 Å². The Balaban J connectivity index is 1.66. The van der Waals surface area contributed by atoms with Crippen LogP contribution in [0.3, 0.4) is 0 Å². The summed E-state index contributed by atoms with van der Waals surface area (Å²) in [6.07, 6.45) is 4.00. The SMILES string of the molecule is CCSC1CCCC1NC(C)c1ccc2c(c1)OCCO2. The minimum absolute atomic E-state index is 0.351. The lowest BCUT2D eigenvalue weighted by molar-refractivity contribution is 0.171. The molecule has 4 heteroatoms. The van der Waals surface area contributed by atoms with Crippen molar-refractivity contribution in [1.29, 1.82) is 0 Å². The fourth-order valence-electron chi connectivity index (χ4n) is 3.28. The normalized spacial score (nSPS) is 25.8. The summed E-state index contributed by atoms with van der Waals surface area (Å²) in [5, 5.41) is 4.59. The van der Waals surface area contributed by atoms with Gasteiger partial charge in [0.2, 0.25) is 0 Å². The summed E-state index contributed by atoms with van der Waals surface area (Å²) in [7, 11) is 0. The summed E-state index contributed by atoms with van der Waals surface area (Å²) < 4.78 is 11.3. The van der Waals surface area contributed by atoms with Gasteiger partial charge in [-0.05, 0) is 43.2 Å². The van der Waals surface area contributed by atoms with Crippen LogP contribution in [0.2, 0.25) is 0 Å². The van der Waals surface area contributed by atoms with Crippen LogP contribution in [0.1, 0.15) is 44.7 Å². The first kappa shape index (κ1) is 15.0. The Bertz CT molecular complexity index is 480. The molecule has 116 valence electrons. The Morgan fingerprint density at radius 2 is 2.05 bits per heavy atom. The first-order chi connectivity index (χ1) is 10.3. The van der Waals surface area contributed by atoms with Crippen molar-refractivity contribution in [3.05, 3.63) is 23.8 Å².